The van der Waals surface area contributed by atoms with E-state index in [1.165, 1.54) is 0 Å². The Morgan fingerprint density at radius 1 is 1.56 bits per heavy atom. The summed E-state index contributed by atoms with van der Waals surface area (Å²) in [6.45, 7) is 1.99. The Bertz CT molecular complexity index is 220. The number of hydrogen-bond donors (Lipinski definition) is 0. The van der Waals surface area contributed by atoms with Gasteiger partial charge in [-0.1, -0.05) is 11.6 Å². The molecule has 1 rings (SSSR count). The summed E-state index contributed by atoms with van der Waals surface area (Å²) in [5.41, 5.74) is 1.11. The third-order valence-corrected chi connectivity index (χ3v) is 1.65. The largest absolute Gasteiger partial charge is 0.207 e. The van der Waals surface area contributed by atoms with Crippen molar-refractivity contribution in [2.45, 2.75) is 6.92 Å². The highest BCUT2D eigenvalue weighted by Crippen LogP contribution is 2.09. The molecule has 0 N–H and O–H groups in total. The molecule has 0 aliphatic rings. The van der Waals surface area contributed by atoms with Crippen molar-refractivity contribution in [2.75, 3.05) is 0 Å². The number of rotatable bonds is 0. The topological polar surface area (TPSA) is 3.88 Å². The van der Waals surface area contributed by atoms with Gasteiger partial charge in [0.05, 0.1) is 5.02 Å². The van der Waals surface area contributed by atoms with Crippen LogP contribution in [0.5, 0.6) is 0 Å². The monoisotopic (exact) mass is 142 g/mol. The Morgan fingerprint density at radius 3 is 2.67 bits per heavy atom. The van der Waals surface area contributed by atoms with Crippen LogP contribution in [0.1, 0.15) is 5.56 Å². The van der Waals surface area contributed by atoms with Crippen LogP contribution in [0.3, 0.4) is 0 Å². The lowest BCUT2D eigenvalue weighted by Crippen LogP contribution is -2.26. The minimum absolute atomic E-state index is 0.827. The Kier molecular flexibility index (Phi) is 1.72. The quantitative estimate of drug-likeness (QED) is 0.483. The van der Waals surface area contributed by atoms with Crippen molar-refractivity contribution in [3.05, 3.63) is 29.0 Å². The first-order valence-corrected chi connectivity index (χ1v) is 3.19. The van der Waals surface area contributed by atoms with E-state index in [2.05, 4.69) is 0 Å². The minimum atomic E-state index is 0.827. The van der Waals surface area contributed by atoms with Gasteiger partial charge in [0.25, 0.3) is 0 Å². The number of halogens is 1. The van der Waals surface area contributed by atoms with E-state index in [-0.39, 0.29) is 0 Å². The fourth-order valence-electron chi connectivity index (χ4n) is 0.725. The highest BCUT2D eigenvalue weighted by Gasteiger charge is 1.97. The highest BCUT2D eigenvalue weighted by atomic mass is 35.5. The smallest absolute Gasteiger partial charge is 0.172 e. The highest BCUT2D eigenvalue weighted by molar-refractivity contribution is 6.31. The van der Waals surface area contributed by atoms with Crippen LogP contribution in [0.25, 0.3) is 0 Å². The molecule has 0 saturated heterocycles. The third kappa shape index (κ3) is 1.42. The van der Waals surface area contributed by atoms with Crippen molar-refractivity contribution in [2.24, 2.45) is 7.05 Å². The van der Waals surface area contributed by atoms with Crippen LogP contribution >= 0.6 is 11.6 Å². The van der Waals surface area contributed by atoms with Crippen molar-refractivity contribution in [3.8, 4) is 0 Å². The Morgan fingerprint density at radius 2 is 2.22 bits per heavy atom. The maximum atomic E-state index is 5.77. The van der Waals surface area contributed by atoms with Crippen molar-refractivity contribution in [3.63, 3.8) is 0 Å². The van der Waals surface area contributed by atoms with Crippen molar-refractivity contribution >= 4 is 11.6 Å². The second kappa shape index (κ2) is 2.36. The molecular weight excluding hydrogens is 134 g/mol. The van der Waals surface area contributed by atoms with E-state index in [9.17, 15) is 0 Å². The predicted molar refractivity (Wildman–Crippen MR) is 37.4 cm³/mol. The number of hydrogen-bond acceptors (Lipinski definition) is 0. The van der Waals surface area contributed by atoms with Crippen LogP contribution in [-0.4, -0.2) is 0 Å². The van der Waals surface area contributed by atoms with Gasteiger partial charge in [0.2, 0.25) is 0 Å². The van der Waals surface area contributed by atoms with Gasteiger partial charge in [-0.2, -0.15) is 0 Å². The molecule has 0 atom stereocenters. The zero-order valence-corrected chi connectivity index (χ0v) is 6.31. The lowest BCUT2D eigenvalue weighted by Gasteiger charge is -1.91. The molecule has 48 valence electrons. The molecule has 1 aromatic rings. The van der Waals surface area contributed by atoms with Gasteiger partial charge in [0, 0.05) is 11.6 Å². The Hall–Kier alpha value is -0.560. The third-order valence-electron chi connectivity index (χ3n) is 1.23. The van der Waals surface area contributed by atoms with Crippen molar-refractivity contribution < 1.29 is 4.57 Å². The molecule has 0 spiro atoms. The lowest BCUT2D eigenvalue weighted by atomic mass is 10.3. The Labute approximate surface area is 59.9 Å². The van der Waals surface area contributed by atoms with Crippen LogP contribution < -0.4 is 4.57 Å². The zero-order valence-electron chi connectivity index (χ0n) is 5.56. The lowest BCUT2D eigenvalue weighted by molar-refractivity contribution is -0.671. The van der Waals surface area contributed by atoms with E-state index >= 15 is 0 Å². The van der Waals surface area contributed by atoms with E-state index < -0.39 is 0 Å². The van der Waals surface area contributed by atoms with Gasteiger partial charge < -0.3 is 0 Å². The summed E-state index contributed by atoms with van der Waals surface area (Å²) in [5.74, 6) is 0. The summed E-state index contributed by atoms with van der Waals surface area (Å²) in [6, 6.07) is 1.89. The van der Waals surface area contributed by atoms with Crippen LogP contribution in [0.15, 0.2) is 18.5 Å². The summed E-state index contributed by atoms with van der Waals surface area (Å²) in [7, 11) is 1.98. The summed E-state index contributed by atoms with van der Waals surface area (Å²) < 4.78 is 1.97. The molecule has 1 heterocycles. The van der Waals surface area contributed by atoms with E-state index in [0.29, 0.717) is 0 Å². The fourth-order valence-corrected chi connectivity index (χ4v) is 0.830. The average molecular weight is 143 g/mol. The van der Waals surface area contributed by atoms with E-state index in [0.717, 1.165) is 10.6 Å². The molecule has 9 heavy (non-hydrogen) atoms. The molecule has 1 nitrogen and oxygen atoms in total. The normalized spacial score (nSPS) is 9.67. The molecule has 0 radical (unpaired) electrons. The van der Waals surface area contributed by atoms with Crippen molar-refractivity contribution in [1.82, 2.24) is 0 Å². The summed E-state index contributed by atoms with van der Waals surface area (Å²) in [6.07, 6.45) is 3.91. The van der Waals surface area contributed by atoms with E-state index in [1.54, 1.807) is 0 Å². The summed E-state index contributed by atoms with van der Waals surface area (Å²) in [5, 5.41) is 0.827. The van der Waals surface area contributed by atoms with Crippen molar-refractivity contribution in [1.29, 1.82) is 0 Å². The van der Waals surface area contributed by atoms with Crippen LogP contribution in [0.2, 0.25) is 5.02 Å². The summed E-state index contributed by atoms with van der Waals surface area (Å²) >= 11 is 5.77. The maximum absolute atomic E-state index is 5.77. The zero-order chi connectivity index (χ0) is 6.85. The molecule has 0 bridgehead atoms. The second-order valence-corrected chi connectivity index (χ2v) is 2.55. The first-order chi connectivity index (χ1) is 4.20. The van der Waals surface area contributed by atoms with E-state index in [4.69, 9.17) is 11.6 Å². The van der Waals surface area contributed by atoms with Gasteiger partial charge in [0.1, 0.15) is 7.05 Å². The molecule has 0 aromatic carbocycles. The van der Waals surface area contributed by atoms with Gasteiger partial charge in [-0.15, -0.1) is 0 Å². The molecule has 0 unspecified atom stereocenters. The average Bonchev–Trinajstić information content (AvgIpc) is 1.80. The molecule has 2 heteroatoms. The van der Waals surface area contributed by atoms with Crippen LogP contribution in [-0.2, 0) is 7.05 Å². The maximum Gasteiger partial charge on any atom is 0.172 e. The number of aromatic nitrogens is 1. The van der Waals surface area contributed by atoms with Crippen LogP contribution in [0, 0.1) is 6.92 Å². The molecule has 0 aliphatic heterocycles. The fraction of sp³-hybridized carbons (Fsp3) is 0.286. The van der Waals surface area contributed by atoms with Gasteiger partial charge >= 0.3 is 0 Å². The number of nitrogens with zero attached hydrogens (tertiary/aromatic N) is 1. The molecular formula is C7H9ClN+. The van der Waals surface area contributed by atoms with Gasteiger partial charge in [-0.3, -0.25) is 0 Å². The SMILES string of the molecule is Cc1c[n+](C)ccc1Cl. The Balaban J connectivity index is 3.17. The number of aryl methyl sites for hydroxylation is 2. The molecule has 0 saturated carbocycles. The second-order valence-electron chi connectivity index (χ2n) is 2.14. The summed E-state index contributed by atoms with van der Waals surface area (Å²) in [4.78, 5) is 0. The van der Waals surface area contributed by atoms with Gasteiger partial charge in [0.15, 0.2) is 12.4 Å². The molecule has 0 fully saturated rings. The number of pyridine rings is 1. The minimum Gasteiger partial charge on any atom is -0.207 e. The predicted octanol–water partition coefficient (Wildman–Crippen LogP) is 1.47. The van der Waals surface area contributed by atoms with Gasteiger partial charge in [-0.25, -0.2) is 4.57 Å². The van der Waals surface area contributed by atoms with Crippen LogP contribution in [0.4, 0.5) is 0 Å². The molecule has 0 aliphatic carbocycles. The van der Waals surface area contributed by atoms with Gasteiger partial charge in [-0.05, 0) is 6.92 Å². The first-order valence-electron chi connectivity index (χ1n) is 2.81. The first kappa shape index (κ1) is 6.56. The molecule has 1 aromatic heterocycles. The molecule has 0 amide bonds. The standard InChI is InChI=1S/C7H9ClN/c1-6-5-9(2)4-3-7(6)8/h3-5H,1-2H3/q+1. The van der Waals surface area contributed by atoms with E-state index in [1.807, 2.05) is 37.0 Å².